The third-order valence-electron chi connectivity index (χ3n) is 0.608. The number of nitrogens with zero attached hydrogens (tertiary/aromatic N) is 2. The van der Waals surface area contributed by atoms with Crippen LogP contribution in [0.3, 0.4) is 0 Å². The van der Waals surface area contributed by atoms with Crippen molar-refractivity contribution in [2.75, 3.05) is 5.75 Å². The molecule has 1 aromatic heterocycles. The highest BCUT2D eigenvalue weighted by Crippen LogP contribution is 2.17. The molecule has 52 valence electrons. The summed E-state index contributed by atoms with van der Waals surface area (Å²) in [5, 5.41) is 7.53. The first-order chi connectivity index (χ1) is 3.93. The molecule has 0 fully saturated rings. The summed E-state index contributed by atoms with van der Waals surface area (Å²) >= 11 is 3.32. The Morgan fingerprint density at radius 1 is 1.78 bits per heavy atom. The van der Waals surface area contributed by atoms with Gasteiger partial charge in [0.1, 0.15) is 5.51 Å². The lowest BCUT2D eigenvalue weighted by atomic mass is 11.0. The molecule has 0 saturated heterocycles. The van der Waals surface area contributed by atoms with Gasteiger partial charge in [-0.25, -0.2) is 0 Å². The number of aromatic nitrogens is 2. The Kier molecular flexibility index (Phi) is 4.65. The first kappa shape index (κ1) is 8.87. The van der Waals surface area contributed by atoms with Gasteiger partial charge >= 0.3 is 0 Å². The molecular formula is C4H8N2OS2. The minimum atomic E-state index is 0. The molecule has 5 heteroatoms. The van der Waals surface area contributed by atoms with Gasteiger partial charge in [0.2, 0.25) is 0 Å². The van der Waals surface area contributed by atoms with Crippen molar-refractivity contribution in [3.8, 4) is 0 Å². The van der Waals surface area contributed by atoms with Crippen LogP contribution >= 0.6 is 23.1 Å². The molecule has 1 aromatic rings. The Morgan fingerprint density at radius 3 is 3.00 bits per heavy atom. The molecule has 9 heavy (non-hydrogen) atoms. The van der Waals surface area contributed by atoms with Crippen LogP contribution in [0.4, 0.5) is 0 Å². The van der Waals surface area contributed by atoms with Crippen molar-refractivity contribution in [1.29, 1.82) is 0 Å². The monoisotopic (exact) mass is 164 g/mol. The van der Waals surface area contributed by atoms with Crippen molar-refractivity contribution in [3.05, 3.63) is 5.51 Å². The van der Waals surface area contributed by atoms with Crippen LogP contribution in [0.1, 0.15) is 6.92 Å². The summed E-state index contributed by atoms with van der Waals surface area (Å²) in [5.41, 5.74) is 1.75. The molecule has 0 atom stereocenters. The van der Waals surface area contributed by atoms with Gasteiger partial charge in [0.05, 0.1) is 0 Å². The van der Waals surface area contributed by atoms with Crippen LogP contribution in [0.2, 0.25) is 0 Å². The fourth-order valence-corrected chi connectivity index (χ4v) is 1.73. The minimum absolute atomic E-state index is 0. The number of hydrogen-bond donors (Lipinski definition) is 0. The van der Waals surface area contributed by atoms with Crippen LogP contribution in [-0.2, 0) is 0 Å². The van der Waals surface area contributed by atoms with E-state index in [0.29, 0.717) is 0 Å². The molecule has 0 bridgehead atoms. The van der Waals surface area contributed by atoms with E-state index in [9.17, 15) is 0 Å². The third kappa shape index (κ3) is 2.78. The van der Waals surface area contributed by atoms with Crippen molar-refractivity contribution >= 4 is 23.1 Å². The lowest BCUT2D eigenvalue weighted by Gasteiger charge is -1.82. The number of hydrogen-bond acceptors (Lipinski definition) is 4. The summed E-state index contributed by atoms with van der Waals surface area (Å²) in [6.45, 7) is 2.10. The summed E-state index contributed by atoms with van der Waals surface area (Å²) in [6.07, 6.45) is 0. The molecule has 0 aliphatic rings. The Morgan fingerprint density at radius 2 is 2.56 bits per heavy atom. The summed E-state index contributed by atoms with van der Waals surface area (Å²) in [5.74, 6) is 1.08. The SMILES string of the molecule is CCSc1nncs1.O. The maximum Gasteiger partial charge on any atom is 0.174 e. The van der Waals surface area contributed by atoms with E-state index in [4.69, 9.17) is 0 Å². The lowest BCUT2D eigenvalue weighted by molar-refractivity contribution is 0.824. The zero-order valence-electron chi connectivity index (χ0n) is 5.00. The van der Waals surface area contributed by atoms with Gasteiger partial charge in [0.15, 0.2) is 4.34 Å². The lowest BCUT2D eigenvalue weighted by Crippen LogP contribution is -1.69. The molecule has 2 N–H and O–H groups in total. The maximum atomic E-state index is 3.84. The summed E-state index contributed by atoms with van der Waals surface area (Å²) < 4.78 is 1.06. The minimum Gasteiger partial charge on any atom is -0.412 e. The van der Waals surface area contributed by atoms with Crippen LogP contribution in [-0.4, -0.2) is 21.4 Å². The Balaban J connectivity index is 0.000000640. The van der Waals surface area contributed by atoms with Gasteiger partial charge in [-0.05, 0) is 5.75 Å². The molecule has 1 rings (SSSR count). The second-order valence-corrected chi connectivity index (χ2v) is 3.48. The first-order valence-corrected chi connectivity index (χ1v) is 4.19. The highest BCUT2D eigenvalue weighted by atomic mass is 32.2. The van der Waals surface area contributed by atoms with E-state index in [1.165, 1.54) is 0 Å². The Bertz CT molecular complexity index is 142. The fraction of sp³-hybridized carbons (Fsp3) is 0.500. The summed E-state index contributed by atoms with van der Waals surface area (Å²) in [6, 6.07) is 0. The van der Waals surface area contributed by atoms with E-state index >= 15 is 0 Å². The Labute approximate surface area is 61.8 Å². The second kappa shape index (κ2) is 4.72. The van der Waals surface area contributed by atoms with Crippen LogP contribution < -0.4 is 0 Å². The zero-order valence-corrected chi connectivity index (χ0v) is 6.63. The second-order valence-electron chi connectivity index (χ2n) is 1.14. The van der Waals surface area contributed by atoms with E-state index in [0.717, 1.165) is 10.1 Å². The van der Waals surface area contributed by atoms with E-state index in [-0.39, 0.29) is 5.48 Å². The summed E-state index contributed by atoms with van der Waals surface area (Å²) in [4.78, 5) is 0. The van der Waals surface area contributed by atoms with Crippen molar-refractivity contribution < 1.29 is 5.48 Å². The topological polar surface area (TPSA) is 57.3 Å². The van der Waals surface area contributed by atoms with E-state index in [1.807, 2.05) is 0 Å². The quantitative estimate of drug-likeness (QED) is 0.608. The van der Waals surface area contributed by atoms with Gasteiger partial charge in [0, 0.05) is 0 Å². The predicted octanol–water partition coefficient (Wildman–Crippen LogP) is 0.825. The standard InChI is InChI=1S/C4H6N2S2.H2O/c1-2-7-4-6-5-3-8-4;/h3H,2H2,1H3;1H2. The fourth-order valence-electron chi connectivity index (χ4n) is 0.349. The van der Waals surface area contributed by atoms with Crippen LogP contribution in [0.5, 0.6) is 0 Å². The van der Waals surface area contributed by atoms with Gasteiger partial charge in [-0.3, -0.25) is 0 Å². The average Bonchev–Trinajstić information content (AvgIpc) is 2.19. The van der Waals surface area contributed by atoms with Gasteiger partial charge in [-0.2, -0.15) is 0 Å². The van der Waals surface area contributed by atoms with Crippen molar-refractivity contribution in [2.24, 2.45) is 0 Å². The Hall–Kier alpha value is -0.130. The molecule has 3 nitrogen and oxygen atoms in total. The molecule has 0 spiro atoms. The molecule has 0 aliphatic heterocycles. The van der Waals surface area contributed by atoms with Crippen molar-refractivity contribution in [3.63, 3.8) is 0 Å². The predicted molar refractivity (Wildman–Crippen MR) is 39.9 cm³/mol. The zero-order chi connectivity index (χ0) is 5.82. The van der Waals surface area contributed by atoms with Crippen LogP contribution in [0.15, 0.2) is 9.85 Å². The molecule has 0 unspecified atom stereocenters. The smallest absolute Gasteiger partial charge is 0.174 e. The van der Waals surface area contributed by atoms with Gasteiger partial charge < -0.3 is 5.48 Å². The van der Waals surface area contributed by atoms with Crippen molar-refractivity contribution in [1.82, 2.24) is 10.2 Å². The van der Waals surface area contributed by atoms with E-state index < -0.39 is 0 Å². The number of thioether (sulfide) groups is 1. The van der Waals surface area contributed by atoms with Crippen LogP contribution in [0.25, 0.3) is 0 Å². The largest absolute Gasteiger partial charge is 0.412 e. The average molecular weight is 164 g/mol. The van der Waals surface area contributed by atoms with Gasteiger partial charge in [-0.1, -0.05) is 30.0 Å². The molecule has 0 aromatic carbocycles. The summed E-state index contributed by atoms with van der Waals surface area (Å²) in [7, 11) is 0. The molecule has 0 aliphatic carbocycles. The molecule has 0 saturated carbocycles. The molecule has 0 amide bonds. The first-order valence-electron chi connectivity index (χ1n) is 2.32. The van der Waals surface area contributed by atoms with Gasteiger partial charge in [0.25, 0.3) is 0 Å². The van der Waals surface area contributed by atoms with Crippen LogP contribution in [0, 0.1) is 0 Å². The third-order valence-corrected chi connectivity index (χ3v) is 2.35. The highest BCUT2D eigenvalue weighted by molar-refractivity contribution is 8.00. The molecule has 0 radical (unpaired) electrons. The van der Waals surface area contributed by atoms with E-state index in [1.54, 1.807) is 28.6 Å². The van der Waals surface area contributed by atoms with Gasteiger partial charge in [-0.15, -0.1) is 10.2 Å². The maximum absolute atomic E-state index is 3.84. The van der Waals surface area contributed by atoms with E-state index in [2.05, 4.69) is 17.1 Å². The normalized spacial score (nSPS) is 8.56. The number of rotatable bonds is 2. The molecule has 1 heterocycles. The highest BCUT2D eigenvalue weighted by Gasteiger charge is 1.91. The molecular weight excluding hydrogens is 156 g/mol. The van der Waals surface area contributed by atoms with Crippen molar-refractivity contribution in [2.45, 2.75) is 11.3 Å².